The minimum atomic E-state index is -0.671. The summed E-state index contributed by atoms with van der Waals surface area (Å²) in [7, 11) is 0. The highest BCUT2D eigenvalue weighted by Crippen LogP contribution is 2.32. The van der Waals surface area contributed by atoms with Crippen molar-refractivity contribution < 1.29 is 13.6 Å². The maximum Gasteiger partial charge on any atom is 0.265 e. The van der Waals surface area contributed by atoms with Crippen LogP contribution in [-0.4, -0.2) is 42.0 Å². The maximum absolute atomic E-state index is 13.9. The first-order chi connectivity index (χ1) is 10.6. The second-order valence-electron chi connectivity index (χ2n) is 5.07. The zero-order chi connectivity index (χ0) is 15.7. The topological polar surface area (TPSA) is 45.2 Å². The summed E-state index contributed by atoms with van der Waals surface area (Å²) in [5, 5.41) is 3.38. The van der Waals surface area contributed by atoms with E-state index in [-0.39, 0.29) is 16.5 Å². The van der Waals surface area contributed by atoms with Crippen LogP contribution in [0, 0.1) is 18.6 Å². The maximum atomic E-state index is 13.9. The van der Waals surface area contributed by atoms with Crippen molar-refractivity contribution in [1.82, 2.24) is 15.2 Å². The number of nitrogens with zero attached hydrogens (tertiary/aromatic N) is 2. The molecule has 0 unspecified atom stereocenters. The molecule has 1 fully saturated rings. The third-order valence-corrected chi connectivity index (χ3v) is 4.73. The predicted octanol–water partition coefficient (Wildman–Crippen LogP) is 2.44. The van der Waals surface area contributed by atoms with Gasteiger partial charge in [0.1, 0.15) is 21.5 Å². The highest BCUT2D eigenvalue weighted by atomic mass is 32.1. The van der Waals surface area contributed by atoms with Crippen LogP contribution in [0.5, 0.6) is 0 Å². The Bertz CT molecular complexity index is 691. The molecular formula is C15H15F2N3OS. The van der Waals surface area contributed by atoms with Crippen molar-refractivity contribution in [2.45, 2.75) is 6.92 Å². The van der Waals surface area contributed by atoms with E-state index >= 15 is 0 Å². The van der Waals surface area contributed by atoms with Gasteiger partial charge in [-0.05, 0) is 19.1 Å². The molecule has 1 N–H and O–H groups in total. The van der Waals surface area contributed by atoms with E-state index in [4.69, 9.17) is 0 Å². The third kappa shape index (κ3) is 2.74. The van der Waals surface area contributed by atoms with Crippen molar-refractivity contribution in [3.8, 4) is 10.6 Å². The number of halogens is 2. The van der Waals surface area contributed by atoms with Gasteiger partial charge in [0.25, 0.3) is 5.91 Å². The molecular weight excluding hydrogens is 308 g/mol. The number of thiazole rings is 1. The van der Waals surface area contributed by atoms with Crippen LogP contribution in [0.2, 0.25) is 0 Å². The number of piperazine rings is 1. The molecule has 2 aromatic rings. The fraction of sp³-hybridized carbons (Fsp3) is 0.333. The molecule has 1 saturated heterocycles. The molecule has 7 heteroatoms. The average Bonchev–Trinajstić information content (AvgIpc) is 2.89. The Hall–Kier alpha value is -1.86. The van der Waals surface area contributed by atoms with Crippen LogP contribution in [-0.2, 0) is 0 Å². The average molecular weight is 323 g/mol. The van der Waals surface area contributed by atoms with Crippen LogP contribution in [0.3, 0.4) is 0 Å². The molecule has 116 valence electrons. The number of carbonyl (C=O) groups is 1. The molecule has 2 heterocycles. The summed E-state index contributed by atoms with van der Waals surface area (Å²) >= 11 is 1.04. The number of aromatic nitrogens is 1. The molecule has 1 aliphatic heterocycles. The summed E-state index contributed by atoms with van der Waals surface area (Å²) < 4.78 is 27.7. The van der Waals surface area contributed by atoms with E-state index in [9.17, 15) is 13.6 Å². The number of hydrogen-bond donors (Lipinski definition) is 1. The molecule has 0 spiro atoms. The molecule has 0 bridgehead atoms. The smallest absolute Gasteiger partial charge is 0.265 e. The van der Waals surface area contributed by atoms with Gasteiger partial charge in [-0.25, -0.2) is 13.8 Å². The Morgan fingerprint density at radius 3 is 2.55 bits per heavy atom. The Kier molecular flexibility index (Phi) is 4.17. The molecule has 1 amide bonds. The molecule has 0 atom stereocenters. The van der Waals surface area contributed by atoms with Crippen molar-refractivity contribution in [2.24, 2.45) is 0 Å². The number of amides is 1. The van der Waals surface area contributed by atoms with Gasteiger partial charge in [0, 0.05) is 26.2 Å². The van der Waals surface area contributed by atoms with Crippen LogP contribution in [0.15, 0.2) is 18.2 Å². The third-order valence-electron chi connectivity index (χ3n) is 3.57. The van der Waals surface area contributed by atoms with Crippen molar-refractivity contribution in [1.29, 1.82) is 0 Å². The van der Waals surface area contributed by atoms with Crippen molar-refractivity contribution >= 4 is 17.2 Å². The largest absolute Gasteiger partial charge is 0.335 e. The zero-order valence-electron chi connectivity index (χ0n) is 12.0. The number of carbonyl (C=O) groups excluding carboxylic acids is 1. The van der Waals surface area contributed by atoms with E-state index in [1.54, 1.807) is 11.8 Å². The van der Waals surface area contributed by atoms with Gasteiger partial charge >= 0.3 is 0 Å². The van der Waals surface area contributed by atoms with Gasteiger partial charge < -0.3 is 10.2 Å². The monoisotopic (exact) mass is 323 g/mol. The SMILES string of the molecule is Cc1nc(-c2c(F)cccc2F)sc1C(=O)N1CCNCC1. The Morgan fingerprint density at radius 1 is 1.27 bits per heavy atom. The van der Waals surface area contributed by atoms with Crippen molar-refractivity contribution in [3.63, 3.8) is 0 Å². The molecule has 0 saturated carbocycles. The lowest BCUT2D eigenvalue weighted by Crippen LogP contribution is -2.46. The lowest BCUT2D eigenvalue weighted by Gasteiger charge is -2.27. The molecule has 0 radical (unpaired) electrons. The molecule has 4 nitrogen and oxygen atoms in total. The zero-order valence-corrected chi connectivity index (χ0v) is 12.8. The van der Waals surface area contributed by atoms with Gasteiger partial charge in [-0.3, -0.25) is 4.79 Å². The summed E-state index contributed by atoms with van der Waals surface area (Å²) in [5.74, 6) is -1.47. The normalized spacial score (nSPS) is 15.1. The van der Waals surface area contributed by atoms with Crippen LogP contribution in [0.1, 0.15) is 15.4 Å². The lowest BCUT2D eigenvalue weighted by atomic mass is 10.2. The van der Waals surface area contributed by atoms with E-state index in [1.165, 1.54) is 18.2 Å². The van der Waals surface area contributed by atoms with E-state index < -0.39 is 11.6 Å². The number of hydrogen-bond acceptors (Lipinski definition) is 4. The molecule has 22 heavy (non-hydrogen) atoms. The van der Waals surface area contributed by atoms with Crippen LogP contribution in [0.25, 0.3) is 10.6 Å². The Morgan fingerprint density at radius 2 is 1.91 bits per heavy atom. The van der Waals surface area contributed by atoms with E-state index in [2.05, 4.69) is 10.3 Å². The van der Waals surface area contributed by atoms with Gasteiger partial charge in [-0.2, -0.15) is 0 Å². The minimum Gasteiger partial charge on any atom is -0.335 e. The first-order valence-corrected chi connectivity index (χ1v) is 7.81. The highest BCUT2D eigenvalue weighted by Gasteiger charge is 2.24. The van der Waals surface area contributed by atoms with E-state index in [0.29, 0.717) is 23.7 Å². The van der Waals surface area contributed by atoms with E-state index in [0.717, 1.165) is 24.4 Å². The fourth-order valence-corrected chi connectivity index (χ4v) is 3.50. The summed E-state index contributed by atoms with van der Waals surface area (Å²) in [6.07, 6.45) is 0. The highest BCUT2D eigenvalue weighted by molar-refractivity contribution is 7.17. The standard InChI is InChI=1S/C15H15F2N3OS/c1-9-13(15(21)20-7-5-18-6-8-20)22-14(19-9)12-10(16)3-2-4-11(12)17/h2-4,18H,5-8H2,1H3. The van der Waals surface area contributed by atoms with Gasteiger partial charge in [0.05, 0.1) is 11.3 Å². The molecule has 0 aliphatic carbocycles. The van der Waals surface area contributed by atoms with E-state index in [1.807, 2.05) is 0 Å². The molecule has 3 rings (SSSR count). The first-order valence-electron chi connectivity index (χ1n) is 6.99. The predicted molar refractivity (Wildman–Crippen MR) is 81.0 cm³/mol. The second-order valence-corrected chi connectivity index (χ2v) is 6.07. The summed E-state index contributed by atoms with van der Waals surface area (Å²) in [6, 6.07) is 3.68. The van der Waals surface area contributed by atoms with Gasteiger partial charge in [0.2, 0.25) is 0 Å². The summed E-state index contributed by atoms with van der Waals surface area (Å²) in [5.41, 5.74) is 0.334. The number of rotatable bonds is 2. The second kappa shape index (κ2) is 6.10. The van der Waals surface area contributed by atoms with Crippen LogP contribution in [0.4, 0.5) is 8.78 Å². The quantitative estimate of drug-likeness (QED) is 0.923. The minimum absolute atomic E-state index is 0.125. The number of aryl methyl sites for hydroxylation is 1. The first kappa shape index (κ1) is 15.1. The van der Waals surface area contributed by atoms with Crippen molar-refractivity contribution in [2.75, 3.05) is 26.2 Å². The Balaban J connectivity index is 1.95. The summed E-state index contributed by atoms with van der Waals surface area (Å²) in [6.45, 7) is 4.43. The molecule has 1 aliphatic rings. The van der Waals surface area contributed by atoms with Gasteiger partial charge in [-0.1, -0.05) is 6.07 Å². The van der Waals surface area contributed by atoms with Crippen molar-refractivity contribution in [3.05, 3.63) is 40.4 Å². The lowest BCUT2D eigenvalue weighted by molar-refractivity contribution is 0.0739. The fourth-order valence-electron chi connectivity index (χ4n) is 2.42. The molecule has 1 aromatic heterocycles. The van der Waals surface area contributed by atoms with Crippen LogP contribution < -0.4 is 5.32 Å². The number of benzene rings is 1. The Labute approximate surface area is 130 Å². The van der Waals surface area contributed by atoms with Gasteiger partial charge in [0.15, 0.2) is 0 Å². The van der Waals surface area contributed by atoms with Gasteiger partial charge in [-0.15, -0.1) is 11.3 Å². The summed E-state index contributed by atoms with van der Waals surface area (Å²) in [4.78, 5) is 18.9. The number of nitrogens with one attached hydrogen (secondary N) is 1. The van der Waals surface area contributed by atoms with Crippen LogP contribution >= 0.6 is 11.3 Å². The molecule has 1 aromatic carbocycles.